The van der Waals surface area contributed by atoms with E-state index in [1.165, 1.54) is 6.08 Å². The van der Waals surface area contributed by atoms with Crippen LogP contribution in [0.4, 0.5) is 0 Å². The molecule has 170 valence electrons. The van der Waals surface area contributed by atoms with E-state index < -0.39 is 34.6 Å². The zero-order valence-corrected chi connectivity index (χ0v) is 18.7. The topological polar surface area (TPSA) is 96.6 Å². The van der Waals surface area contributed by atoms with Crippen LogP contribution in [0, 0.1) is 28.1 Å². The van der Waals surface area contributed by atoms with Gasteiger partial charge in [-0.15, -0.1) is 0 Å². The molecule has 0 radical (unpaired) electrons. The van der Waals surface area contributed by atoms with Gasteiger partial charge in [0.1, 0.15) is 23.0 Å². The summed E-state index contributed by atoms with van der Waals surface area (Å²) in [4.78, 5) is 24.8. The Bertz CT molecular complexity index is 1110. The molecule has 6 nitrogen and oxygen atoms in total. The highest BCUT2D eigenvalue weighted by atomic mass is 16.5. The number of para-hydroxylation sites is 1. The van der Waals surface area contributed by atoms with Gasteiger partial charge in [-0.3, -0.25) is 4.79 Å². The summed E-state index contributed by atoms with van der Waals surface area (Å²) in [5.74, 6) is -1.78. The Morgan fingerprint density at radius 2 is 1.82 bits per heavy atom. The number of nitriles is 1. The summed E-state index contributed by atoms with van der Waals surface area (Å²) in [5.41, 5.74) is -1.54. The third-order valence-corrected chi connectivity index (χ3v) is 7.12. The fourth-order valence-electron chi connectivity index (χ4n) is 5.00. The molecular formula is C27H27NO5. The third-order valence-electron chi connectivity index (χ3n) is 7.12. The number of allylic oxidation sites excluding steroid dienone is 1. The highest BCUT2D eigenvalue weighted by Crippen LogP contribution is 2.75. The molecule has 0 spiro atoms. The molecule has 2 fully saturated rings. The number of nitrogens with zero attached hydrogens (tertiary/aromatic N) is 1. The molecule has 4 rings (SSSR count). The van der Waals surface area contributed by atoms with Crippen molar-refractivity contribution < 1.29 is 24.2 Å². The van der Waals surface area contributed by atoms with Gasteiger partial charge < -0.3 is 14.6 Å². The summed E-state index contributed by atoms with van der Waals surface area (Å²) in [6, 6.07) is 18.5. The van der Waals surface area contributed by atoms with E-state index in [1.807, 2.05) is 44.2 Å². The Hall–Kier alpha value is -3.59. The zero-order chi connectivity index (χ0) is 23.6. The number of esters is 1. The first kappa shape index (κ1) is 22.6. The van der Waals surface area contributed by atoms with Gasteiger partial charge in [0.25, 0.3) is 0 Å². The lowest BCUT2D eigenvalue weighted by Gasteiger charge is -2.24. The second-order valence-corrected chi connectivity index (χ2v) is 9.27. The van der Waals surface area contributed by atoms with Crippen LogP contribution in [0.15, 0.2) is 66.7 Å². The highest BCUT2D eigenvalue weighted by molar-refractivity contribution is 5.86. The minimum absolute atomic E-state index is 0.0437. The molecule has 1 unspecified atom stereocenters. The third kappa shape index (κ3) is 4.00. The molecule has 2 aliphatic carbocycles. The Morgan fingerprint density at radius 1 is 1.12 bits per heavy atom. The molecule has 2 aromatic carbocycles. The number of carboxylic acids is 1. The van der Waals surface area contributed by atoms with Crippen LogP contribution >= 0.6 is 0 Å². The van der Waals surface area contributed by atoms with Gasteiger partial charge in [-0.2, -0.15) is 5.26 Å². The van der Waals surface area contributed by atoms with Crippen LogP contribution < -0.4 is 4.74 Å². The van der Waals surface area contributed by atoms with E-state index in [4.69, 9.17) is 9.47 Å². The number of carboxylic acid groups (broad SMARTS) is 1. The van der Waals surface area contributed by atoms with Crippen molar-refractivity contribution in [2.24, 2.45) is 16.7 Å². The van der Waals surface area contributed by atoms with E-state index in [0.717, 1.165) is 19.3 Å². The molecule has 6 heteroatoms. The van der Waals surface area contributed by atoms with E-state index in [0.29, 0.717) is 17.1 Å². The van der Waals surface area contributed by atoms with Crippen molar-refractivity contribution >= 4 is 11.9 Å². The molecule has 1 N–H and O–H groups in total. The lowest BCUT2D eigenvalue weighted by molar-refractivity contribution is -0.147. The van der Waals surface area contributed by atoms with Crippen LogP contribution in [-0.4, -0.2) is 23.1 Å². The van der Waals surface area contributed by atoms with Gasteiger partial charge in [0.15, 0.2) is 0 Å². The van der Waals surface area contributed by atoms with Crippen molar-refractivity contribution in [3.8, 4) is 17.6 Å². The minimum Gasteiger partial charge on any atom is -0.481 e. The van der Waals surface area contributed by atoms with Crippen molar-refractivity contribution in [1.82, 2.24) is 0 Å². The molecule has 0 amide bonds. The maximum absolute atomic E-state index is 12.6. The van der Waals surface area contributed by atoms with Gasteiger partial charge in [-0.25, -0.2) is 4.79 Å². The number of rotatable bonds is 8. The van der Waals surface area contributed by atoms with Crippen molar-refractivity contribution in [3.63, 3.8) is 0 Å². The quantitative estimate of drug-likeness (QED) is 0.428. The summed E-state index contributed by atoms with van der Waals surface area (Å²) in [5, 5.41) is 20.4. The first-order valence-electron chi connectivity index (χ1n) is 11.2. The number of aliphatic carboxylic acids is 1. The number of hydrogen-bond donors (Lipinski definition) is 1. The summed E-state index contributed by atoms with van der Waals surface area (Å²) >= 11 is 0. The lowest BCUT2D eigenvalue weighted by atomic mass is 9.78. The second-order valence-electron chi connectivity index (χ2n) is 9.27. The molecule has 2 aromatic rings. The number of ether oxygens (including phenoxy) is 2. The van der Waals surface area contributed by atoms with E-state index in [1.54, 1.807) is 30.3 Å². The zero-order valence-electron chi connectivity index (χ0n) is 18.7. The SMILES string of the molecule is CC1(C)[C@H](C=CC(=O)OC2CCC2)[C@@]1(C(=O)O)C(C#N)c1cccc(Oc2ccccc2)c1. The summed E-state index contributed by atoms with van der Waals surface area (Å²) in [7, 11) is 0. The molecule has 0 aliphatic heterocycles. The molecular weight excluding hydrogens is 418 g/mol. The fraction of sp³-hybridized carbons (Fsp3) is 0.370. The normalized spacial score (nSPS) is 24.3. The van der Waals surface area contributed by atoms with Gasteiger partial charge in [0.2, 0.25) is 0 Å². The fourth-order valence-corrected chi connectivity index (χ4v) is 5.00. The Balaban J connectivity index is 1.60. The molecule has 0 heterocycles. The number of carbonyl (C=O) groups is 2. The average molecular weight is 446 g/mol. The Morgan fingerprint density at radius 3 is 2.42 bits per heavy atom. The van der Waals surface area contributed by atoms with Crippen LogP contribution in [-0.2, 0) is 14.3 Å². The predicted molar refractivity (Wildman–Crippen MR) is 122 cm³/mol. The van der Waals surface area contributed by atoms with Gasteiger partial charge in [-0.1, -0.05) is 50.3 Å². The first-order valence-corrected chi connectivity index (χ1v) is 11.2. The maximum atomic E-state index is 12.6. The first-order chi connectivity index (χ1) is 15.8. The van der Waals surface area contributed by atoms with Crippen LogP contribution in [0.1, 0.15) is 44.6 Å². The van der Waals surface area contributed by atoms with Gasteiger partial charge in [0, 0.05) is 12.0 Å². The van der Waals surface area contributed by atoms with Crippen LogP contribution in [0.3, 0.4) is 0 Å². The number of benzene rings is 2. The molecule has 0 aromatic heterocycles. The van der Waals surface area contributed by atoms with Gasteiger partial charge in [0.05, 0.1) is 12.0 Å². The number of carbonyl (C=O) groups excluding carboxylic acids is 1. The van der Waals surface area contributed by atoms with Crippen LogP contribution in [0.25, 0.3) is 0 Å². The van der Waals surface area contributed by atoms with Crippen molar-refractivity contribution in [2.75, 3.05) is 0 Å². The van der Waals surface area contributed by atoms with Gasteiger partial charge >= 0.3 is 11.9 Å². The van der Waals surface area contributed by atoms with Crippen LogP contribution in [0.2, 0.25) is 0 Å². The van der Waals surface area contributed by atoms with E-state index in [9.17, 15) is 20.0 Å². The summed E-state index contributed by atoms with van der Waals surface area (Å²) in [6.07, 6.45) is 5.66. The number of hydrogen-bond acceptors (Lipinski definition) is 5. The molecule has 2 aliphatic rings. The van der Waals surface area contributed by atoms with E-state index in [2.05, 4.69) is 6.07 Å². The molecule has 0 bridgehead atoms. The van der Waals surface area contributed by atoms with Crippen molar-refractivity contribution in [2.45, 2.75) is 45.1 Å². The summed E-state index contributed by atoms with van der Waals surface area (Å²) in [6.45, 7) is 3.64. The second kappa shape index (κ2) is 8.74. The van der Waals surface area contributed by atoms with Crippen molar-refractivity contribution in [1.29, 1.82) is 5.26 Å². The lowest BCUT2D eigenvalue weighted by Crippen LogP contribution is -2.29. The van der Waals surface area contributed by atoms with Crippen LogP contribution in [0.5, 0.6) is 11.5 Å². The largest absolute Gasteiger partial charge is 0.481 e. The van der Waals surface area contributed by atoms with Gasteiger partial charge in [-0.05, 0) is 54.5 Å². The minimum atomic E-state index is -1.37. The van der Waals surface area contributed by atoms with E-state index >= 15 is 0 Å². The monoisotopic (exact) mass is 445 g/mol. The van der Waals surface area contributed by atoms with Crippen molar-refractivity contribution in [3.05, 3.63) is 72.3 Å². The highest BCUT2D eigenvalue weighted by Gasteiger charge is 2.78. The Kier molecular flexibility index (Phi) is 5.99. The maximum Gasteiger partial charge on any atom is 0.330 e. The van der Waals surface area contributed by atoms with E-state index in [-0.39, 0.29) is 6.10 Å². The molecule has 0 saturated heterocycles. The molecule has 3 atom stereocenters. The standard InChI is InChI=1S/C27H27NO5/c1-26(2)23(14-15-24(29)33-20-11-7-12-20)27(26,25(30)31)22(17-28)18-8-6-13-21(16-18)32-19-9-4-3-5-10-19/h3-6,8-10,13-16,20,22-23H,7,11-12H2,1-2H3,(H,30,31)/t22?,23-,27+/m0/s1. The molecule has 33 heavy (non-hydrogen) atoms. The predicted octanol–water partition coefficient (Wildman–Crippen LogP) is 5.46. The summed E-state index contributed by atoms with van der Waals surface area (Å²) < 4.78 is 11.2. The molecule has 2 saturated carbocycles. The average Bonchev–Trinajstić information content (AvgIpc) is 3.26. The Labute approximate surface area is 193 Å². The smallest absolute Gasteiger partial charge is 0.330 e.